The van der Waals surface area contributed by atoms with E-state index in [4.69, 9.17) is 15.5 Å². The standard InChI is InChI=1S/C23H35FN4O/c1-13-10-28(11-14(2)29-13)22-19(24)6-20(15(3)26-22)27-21-17-4-16-5-18(21)9-23(7-16,8-17)12-25/h6,13-14,16-18,21,27H,4-5,7-12,25H2,1-3H3. The van der Waals surface area contributed by atoms with Gasteiger partial charge in [0.25, 0.3) is 0 Å². The maximum Gasteiger partial charge on any atom is 0.167 e. The van der Waals surface area contributed by atoms with Gasteiger partial charge in [-0.1, -0.05) is 0 Å². The lowest BCUT2D eigenvalue weighted by atomic mass is 9.48. The van der Waals surface area contributed by atoms with E-state index in [-0.39, 0.29) is 18.0 Å². The monoisotopic (exact) mass is 402 g/mol. The number of aryl methyl sites for hydroxylation is 1. The Bertz CT molecular complexity index is 760. The predicted octanol–water partition coefficient (Wildman–Crippen LogP) is 3.71. The first-order valence-electron chi connectivity index (χ1n) is 11.4. The first kappa shape index (κ1) is 19.6. The number of anilines is 2. The minimum atomic E-state index is -0.235. The van der Waals surface area contributed by atoms with Gasteiger partial charge in [-0.3, -0.25) is 0 Å². The van der Waals surface area contributed by atoms with Gasteiger partial charge in [-0.15, -0.1) is 0 Å². The molecule has 4 aliphatic carbocycles. The molecule has 4 bridgehead atoms. The van der Waals surface area contributed by atoms with E-state index >= 15 is 4.39 Å². The topological polar surface area (TPSA) is 63.4 Å². The van der Waals surface area contributed by atoms with E-state index in [0.717, 1.165) is 23.8 Å². The number of hydrogen-bond acceptors (Lipinski definition) is 5. The van der Waals surface area contributed by atoms with Crippen molar-refractivity contribution in [2.24, 2.45) is 28.9 Å². The van der Waals surface area contributed by atoms with E-state index in [9.17, 15) is 0 Å². The molecule has 1 saturated heterocycles. The first-order valence-corrected chi connectivity index (χ1v) is 11.4. The van der Waals surface area contributed by atoms with Gasteiger partial charge in [-0.2, -0.15) is 0 Å². The van der Waals surface area contributed by atoms with Gasteiger partial charge in [0, 0.05) is 25.2 Å². The second-order valence-corrected chi connectivity index (χ2v) is 10.4. The molecular weight excluding hydrogens is 367 g/mol. The molecule has 0 spiro atoms. The predicted molar refractivity (Wildman–Crippen MR) is 114 cm³/mol. The fourth-order valence-electron chi connectivity index (χ4n) is 7.14. The number of hydrogen-bond donors (Lipinski definition) is 2. The van der Waals surface area contributed by atoms with E-state index in [1.165, 1.54) is 32.1 Å². The molecule has 1 aromatic heterocycles. The van der Waals surface area contributed by atoms with Crippen molar-refractivity contribution in [1.82, 2.24) is 4.98 Å². The lowest BCUT2D eigenvalue weighted by Gasteiger charge is -2.60. The summed E-state index contributed by atoms with van der Waals surface area (Å²) in [4.78, 5) is 6.72. The van der Waals surface area contributed by atoms with Gasteiger partial charge in [0.2, 0.25) is 0 Å². The zero-order valence-electron chi connectivity index (χ0n) is 18.0. The number of aromatic nitrogens is 1. The minimum absolute atomic E-state index is 0.0842. The number of ether oxygens (including phenoxy) is 1. The Morgan fingerprint density at radius 3 is 2.48 bits per heavy atom. The SMILES string of the molecule is Cc1nc(N2CC(C)OC(C)C2)c(F)cc1NC1C2CC3CC1CC(CN)(C3)C2. The Labute approximate surface area is 173 Å². The molecule has 29 heavy (non-hydrogen) atoms. The summed E-state index contributed by atoms with van der Waals surface area (Å²) < 4.78 is 20.9. The number of nitrogens with two attached hydrogens (primary N) is 1. The third-order valence-electron chi connectivity index (χ3n) is 8.02. The van der Waals surface area contributed by atoms with Crippen LogP contribution in [-0.2, 0) is 4.74 Å². The van der Waals surface area contributed by atoms with Crippen molar-refractivity contribution < 1.29 is 9.13 Å². The molecular formula is C23H35FN4O. The maximum atomic E-state index is 15.1. The normalized spacial score (nSPS) is 41.1. The Morgan fingerprint density at radius 2 is 1.86 bits per heavy atom. The van der Waals surface area contributed by atoms with Crippen LogP contribution in [0.4, 0.5) is 15.9 Å². The van der Waals surface area contributed by atoms with E-state index in [1.54, 1.807) is 6.07 Å². The molecule has 5 aliphatic rings. The first-order chi connectivity index (χ1) is 13.9. The zero-order chi connectivity index (χ0) is 20.3. The summed E-state index contributed by atoms with van der Waals surface area (Å²) in [5.74, 6) is 2.39. The molecule has 1 aliphatic heterocycles. The van der Waals surface area contributed by atoms with Gasteiger partial charge < -0.3 is 20.7 Å². The lowest BCUT2D eigenvalue weighted by molar-refractivity contribution is -0.0558. The number of nitrogens with one attached hydrogen (secondary N) is 1. The molecule has 6 rings (SSSR count). The smallest absolute Gasteiger partial charge is 0.167 e. The molecule has 4 saturated carbocycles. The lowest BCUT2D eigenvalue weighted by Crippen LogP contribution is -2.58. The molecule has 5 fully saturated rings. The Morgan fingerprint density at radius 1 is 1.21 bits per heavy atom. The fourth-order valence-corrected chi connectivity index (χ4v) is 7.14. The summed E-state index contributed by atoms with van der Waals surface area (Å²) in [7, 11) is 0. The third kappa shape index (κ3) is 3.42. The number of pyridine rings is 1. The summed E-state index contributed by atoms with van der Waals surface area (Å²) in [6.45, 7) is 8.23. The number of nitrogens with zero attached hydrogens (tertiary/aromatic N) is 2. The highest BCUT2D eigenvalue weighted by molar-refractivity contribution is 5.55. The molecule has 3 N–H and O–H groups in total. The molecule has 4 atom stereocenters. The number of rotatable bonds is 4. The molecule has 4 unspecified atom stereocenters. The van der Waals surface area contributed by atoms with Crippen molar-refractivity contribution in [1.29, 1.82) is 0 Å². The summed E-state index contributed by atoms with van der Waals surface area (Å²) in [5.41, 5.74) is 8.30. The largest absolute Gasteiger partial charge is 0.380 e. The molecule has 1 aromatic rings. The highest BCUT2D eigenvalue weighted by Crippen LogP contribution is 2.60. The van der Waals surface area contributed by atoms with E-state index in [2.05, 4.69) is 5.32 Å². The second-order valence-electron chi connectivity index (χ2n) is 10.4. The van der Waals surface area contributed by atoms with Gasteiger partial charge in [0.15, 0.2) is 11.6 Å². The average molecular weight is 403 g/mol. The Balaban J connectivity index is 1.36. The molecule has 2 heterocycles. The zero-order valence-corrected chi connectivity index (χ0v) is 18.0. The van der Waals surface area contributed by atoms with Crippen molar-refractivity contribution >= 4 is 11.5 Å². The van der Waals surface area contributed by atoms with Crippen LogP contribution >= 0.6 is 0 Å². The van der Waals surface area contributed by atoms with Crippen molar-refractivity contribution in [3.05, 3.63) is 17.6 Å². The van der Waals surface area contributed by atoms with Gasteiger partial charge in [0.1, 0.15) is 0 Å². The Hall–Kier alpha value is -1.40. The second kappa shape index (κ2) is 7.09. The highest BCUT2D eigenvalue weighted by atomic mass is 19.1. The summed E-state index contributed by atoms with van der Waals surface area (Å²) in [6.07, 6.45) is 6.54. The van der Waals surface area contributed by atoms with Gasteiger partial charge >= 0.3 is 0 Å². The van der Waals surface area contributed by atoms with Gasteiger partial charge in [-0.25, -0.2) is 9.37 Å². The van der Waals surface area contributed by atoms with Crippen LogP contribution in [0.1, 0.15) is 51.6 Å². The van der Waals surface area contributed by atoms with Crippen molar-refractivity contribution in [3.63, 3.8) is 0 Å². The third-order valence-corrected chi connectivity index (χ3v) is 8.02. The van der Waals surface area contributed by atoms with E-state index in [1.807, 2.05) is 25.7 Å². The van der Waals surface area contributed by atoms with Crippen molar-refractivity contribution in [2.45, 2.75) is 71.1 Å². The molecule has 0 aromatic carbocycles. The minimum Gasteiger partial charge on any atom is -0.380 e. The summed E-state index contributed by atoms with van der Waals surface area (Å²) in [5, 5.41) is 3.74. The van der Waals surface area contributed by atoms with Crippen molar-refractivity contribution in [2.75, 3.05) is 29.9 Å². The van der Waals surface area contributed by atoms with Crippen LogP contribution in [0.2, 0.25) is 0 Å². The molecule has 0 radical (unpaired) electrons. The van der Waals surface area contributed by atoms with E-state index < -0.39 is 0 Å². The fraction of sp³-hybridized carbons (Fsp3) is 0.783. The quantitative estimate of drug-likeness (QED) is 0.804. The van der Waals surface area contributed by atoms with Crippen LogP contribution in [0.25, 0.3) is 0 Å². The average Bonchev–Trinajstić information content (AvgIpc) is 2.65. The van der Waals surface area contributed by atoms with Crippen LogP contribution in [0.15, 0.2) is 6.07 Å². The molecule has 6 heteroatoms. The van der Waals surface area contributed by atoms with Crippen LogP contribution in [-0.4, -0.2) is 42.9 Å². The van der Waals surface area contributed by atoms with Gasteiger partial charge in [0.05, 0.1) is 23.6 Å². The van der Waals surface area contributed by atoms with Crippen LogP contribution in [0, 0.1) is 35.9 Å². The van der Waals surface area contributed by atoms with Crippen LogP contribution in [0.3, 0.4) is 0 Å². The Kier molecular flexibility index (Phi) is 4.78. The number of halogens is 1. The molecule has 5 nitrogen and oxygen atoms in total. The summed E-state index contributed by atoms with van der Waals surface area (Å²) >= 11 is 0. The maximum absolute atomic E-state index is 15.1. The van der Waals surface area contributed by atoms with Crippen molar-refractivity contribution in [3.8, 4) is 0 Å². The summed E-state index contributed by atoms with van der Waals surface area (Å²) in [6, 6.07) is 2.10. The number of morpholine rings is 1. The highest BCUT2D eigenvalue weighted by Gasteiger charge is 2.54. The van der Waals surface area contributed by atoms with Crippen LogP contribution in [0.5, 0.6) is 0 Å². The molecule has 0 amide bonds. The van der Waals surface area contributed by atoms with Crippen LogP contribution < -0.4 is 16.0 Å². The molecule has 160 valence electrons. The van der Waals surface area contributed by atoms with E-state index in [0.29, 0.717) is 42.2 Å². The van der Waals surface area contributed by atoms with Gasteiger partial charge in [-0.05, 0) is 82.6 Å².